The fraction of sp³-hybridized carbons (Fsp3) is 0.750. The summed E-state index contributed by atoms with van der Waals surface area (Å²) in [6, 6.07) is 0. The summed E-state index contributed by atoms with van der Waals surface area (Å²) in [7, 11) is 0. The Balaban J connectivity index is 1.72. The van der Waals surface area contributed by atoms with Crippen LogP contribution in [0.15, 0.2) is 24.4 Å². The first-order valence-corrected chi connectivity index (χ1v) is 9.55. The van der Waals surface area contributed by atoms with Gasteiger partial charge in [0.2, 0.25) is 0 Å². The second-order valence-corrected chi connectivity index (χ2v) is 6.36. The summed E-state index contributed by atoms with van der Waals surface area (Å²) >= 11 is 0. The lowest BCUT2D eigenvalue weighted by Crippen LogP contribution is -2.00. The lowest BCUT2D eigenvalue weighted by Gasteiger charge is -2.00. The van der Waals surface area contributed by atoms with E-state index in [1.165, 1.54) is 76.9 Å². The summed E-state index contributed by atoms with van der Waals surface area (Å²) in [6.07, 6.45) is 23.1. The minimum Gasteiger partial charge on any atom is -0.424 e. The van der Waals surface area contributed by atoms with Gasteiger partial charge in [-0.05, 0) is 32.1 Å². The van der Waals surface area contributed by atoms with Crippen LogP contribution in [0.5, 0.6) is 0 Å². The first kappa shape index (κ1) is 19.8. The Kier molecular flexibility index (Phi) is 12.4. The fourth-order valence-electron chi connectivity index (χ4n) is 2.58. The zero-order chi connectivity index (χ0) is 16.6. The van der Waals surface area contributed by atoms with Crippen LogP contribution in [-0.2, 0) is 14.3 Å². The molecule has 3 heteroatoms. The van der Waals surface area contributed by atoms with Crippen LogP contribution in [0.4, 0.5) is 0 Å². The number of allylic oxidation sites excluding steroid dienone is 2. The summed E-state index contributed by atoms with van der Waals surface area (Å²) in [5, 5.41) is 0. The molecule has 1 aliphatic heterocycles. The number of ether oxygens (including phenoxy) is 2. The molecule has 0 saturated carbocycles. The molecule has 0 spiro atoms. The minimum absolute atomic E-state index is 0.175. The molecule has 0 radical (unpaired) electrons. The third-order valence-corrected chi connectivity index (χ3v) is 4.07. The SMILES string of the molecule is CCCCCCCC/C=C\CCCCCCCC(=O)OC1=CO1. The standard InChI is InChI=1S/C20H34O3/c1-2-3-4-5-6-7-8-9-10-11-12-13-14-15-16-17-19(21)23-20-18-22-20/h9-10,18H,2-8,11-17H2,1H3/b10-9-. The molecule has 132 valence electrons. The topological polar surface area (TPSA) is 38.8 Å². The van der Waals surface area contributed by atoms with Crippen LogP contribution >= 0.6 is 0 Å². The van der Waals surface area contributed by atoms with Gasteiger partial charge in [0.1, 0.15) is 0 Å². The Morgan fingerprint density at radius 3 is 2.00 bits per heavy atom. The van der Waals surface area contributed by atoms with E-state index in [9.17, 15) is 4.79 Å². The fourth-order valence-corrected chi connectivity index (χ4v) is 2.58. The lowest BCUT2D eigenvalue weighted by atomic mass is 10.1. The van der Waals surface area contributed by atoms with Crippen molar-refractivity contribution in [3.05, 3.63) is 24.4 Å². The predicted octanol–water partition coefficient (Wildman–Crippen LogP) is 6.40. The molecule has 1 heterocycles. The predicted molar refractivity (Wildman–Crippen MR) is 94.7 cm³/mol. The summed E-state index contributed by atoms with van der Waals surface area (Å²) in [5.41, 5.74) is 0. The maximum atomic E-state index is 11.3. The molecule has 0 atom stereocenters. The molecular weight excluding hydrogens is 288 g/mol. The molecule has 0 aromatic rings. The van der Waals surface area contributed by atoms with E-state index in [-0.39, 0.29) is 5.97 Å². The Labute approximate surface area is 142 Å². The van der Waals surface area contributed by atoms with Gasteiger partial charge in [-0.1, -0.05) is 70.4 Å². The quantitative estimate of drug-likeness (QED) is 0.187. The van der Waals surface area contributed by atoms with Crippen molar-refractivity contribution in [1.29, 1.82) is 0 Å². The van der Waals surface area contributed by atoms with Gasteiger partial charge in [-0.2, -0.15) is 0 Å². The number of hydrogen-bond donors (Lipinski definition) is 0. The van der Waals surface area contributed by atoms with Crippen LogP contribution in [0.3, 0.4) is 0 Å². The monoisotopic (exact) mass is 322 g/mol. The molecule has 0 unspecified atom stereocenters. The average Bonchev–Trinajstić information content (AvgIpc) is 3.35. The Morgan fingerprint density at radius 2 is 1.43 bits per heavy atom. The molecule has 1 rings (SSSR count). The van der Waals surface area contributed by atoms with Gasteiger partial charge in [0.05, 0.1) is 0 Å². The van der Waals surface area contributed by atoms with Gasteiger partial charge < -0.3 is 9.47 Å². The van der Waals surface area contributed by atoms with Crippen LogP contribution in [-0.4, -0.2) is 5.97 Å². The van der Waals surface area contributed by atoms with E-state index in [0.29, 0.717) is 12.4 Å². The van der Waals surface area contributed by atoms with Gasteiger partial charge in [0.25, 0.3) is 0 Å². The first-order valence-electron chi connectivity index (χ1n) is 9.55. The van der Waals surface area contributed by atoms with E-state index in [1.54, 1.807) is 0 Å². The number of unbranched alkanes of at least 4 members (excludes halogenated alkanes) is 11. The van der Waals surface area contributed by atoms with Crippen LogP contribution in [0.1, 0.15) is 96.8 Å². The molecule has 0 bridgehead atoms. The molecule has 0 aromatic carbocycles. The highest BCUT2D eigenvalue weighted by atomic mass is 16.7. The molecule has 1 aliphatic rings. The maximum absolute atomic E-state index is 11.3. The molecule has 3 nitrogen and oxygen atoms in total. The van der Waals surface area contributed by atoms with Gasteiger partial charge in [-0.15, -0.1) is 0 Å². The minimum atomic E-state index is -0.175. The summed E-state index contributed by atoms with van der Waals surface area (Å²) in [5.74, 6) is 0.189. The highest BCUT2D eigenvalue weighted by Crippen LogP contribution is 2.16. The Hall–Kier alpha value is -1.25. The lowest BCUT2D eigenvalue weighted by molar-refractivity contribution is -0.140. The van der Waals surface area contributed by atoms with Crippen LogP contribution in [0.2, 0.25) is 0 Å². The van der Waals surface area contributed by atoms with Gasteiger partial charge >= 0.3 is 11.9 Å². The average molecular weight is 322 g/mol. The second-order valence-electron chi connectivity index (χ2n) is 6.36. The maximum Gasteiger partial charge on any atom is 0.329 e. The molecule has 0 aliphatic carbocycles. The van der Waals surface area contributed by atoms with Crippen molar-refractivity contribution >= 4 is 5.97 Å². The van der Waals surface area contributed by atoms with Crippen molar-refractivity contribution in [3.8, 4) is 0 Å². The smallest absolute Gasteiger partial charge is 0.329 e. The largest absolute Gasteiger partial charge is 0.424 e. The summed E-state index contributed by atoms with van der Waals surface area (Å²) in [4.78, 5) is 11.3. The van der Waals surface area contributed by atoms with E-state index in [4.69, 9.17) is 4.74 Å². The van der Waals surface area contributed by atoms with Crippen molar-refractivity contribution in [3.63, 3.8) is 0 Å². The molecule has 0 fully saturated rings. The van der Waals surface area contributed by atoms with Crippen LogP contribution in [0, 0.1) is 0 Å². The Bertz CT molecular complexity index is 358. The van der Waals surface area contributed by atoms with Crippen LogP contribution < -0.4 is 0 Å². The number of carbonyl (C=O) groups excluding carboxylic acids is 1. The molecule has 0 aromatic heterocycles. The van der Waals surface area contributed by atoms with Crippen LogP contribution in [0.25, 0.3) is 0 Å². The van der Waals surface area contributed by atoms with E-state index in [2.05, 4.69) is 23.8 Å². The van der Waals surface area contributed by atoms with Crippen molar-refractivity contribution in [2.45, 2.75) is 96.8 Å². The van der Waals surface area contributed by atoms with Gasteiger partial charge in [0, 0.05) is 6.42 Å². The van der Waals surface area contributed by atoms with E-state index >= 15 is 0 Å². The van der Waals surface area contributed by atoms with E-state index in [0.717, 1.165) is 12.8 Å². The second kappa shape index (κ2) is 14.3. The van der Waals surface area contributed by atoms with E-state index in [1.807, 2.05) is 0 Å². The van der Waals surface area contributed by atoms with E-state index < -0.39 is 0 Å². The zero-order valence-electron chi connectivity index (χ0n) is 14.9. The van der Waals surface area contributed by atoms with Crippen molar-refractivity contribution in [2.75, 3.05) is 0 Å². The van der Waals surface area contributed by atoms with Gasteiger partial charge in [-0.25, -0.2) is 0 Å². The summed E-state index contributed by atoms with van der Waals surface area (Å²) in [6.45, 7) is 2.26. The number of esters is 1. The molecule has 0 saturated heterocycles. The third-order valence-electron chi connectivity index (χ3n) is 4.07. The highest BCUT2D eigenvalue weighted by Gasteiger charge is 2.16. The number of rotatable bonds is 16. The zero-order valence-corrected chi connectivity index (χ0v) is 14.9. The number of hydrogen-bond acceptors (Lipinski definition) is 3. The summed E-state index contributed by atoms with van der Waals surface area (Å²) < 4.78 is 9.52. The normalized spacial score (nSPS) is 13.0. The molecular formula is C20H34O3. The molecule has 0 amide bonds. The van der Waals surface area contributed by atoms with Crippen molar-refractivity contribution < 1.29 is 14.3 Å². The van der Waals surface area contributed by atoms with Crippen molar-refractivity contribution in [1.82, 2.24) is 0 Å². The van der Waals surface area contributed by atoms with Gasteiger partial charge in [-0.3, -0.25) is 4.79 Å². The van der Waals surface area contributed by atoms with Gasteiger partial charge in [0.15, 0.2) is 6.26 Å². The number of carbonyl (C=O) groups is 1. The molecule has 0 N–H and O–H groups in total. The molecule has 23 heavy (non-hydrogen) atoms. The first-order chi connectivity index (χ1) is 11.3. The Morgan fingerprint density at radius 1 is 0.913 bits per heavy atom. The van der Waals surface area contributed by atoms with Crippen molar-refractivity contribution in [2.24, 2.45) is 0 Å². The highest BCUT2D eigenvalue weighted by molar-refractivity contribution is 5.70. The third kappa shape index (κ3) is 14.1.